The van der Waals surface area contributed by atoms with Crippen molar-refractivity contribution in [2.24, 2.45) is 5.73 Å². The Morgan fingerprint density at radius 2 is 2.00 bits per heavy atom. The third-order valence-corrected chi connectivity index (χ3v) is 2.00. The van der Waals surface area contributed by atoms with Crippen LogP contribution in [0.25, 0.3) is 0 Å². The quantitative estimate of drug-likeness (QED) is 0.437. The van der Waals surface area contributed by atoms with E-state index in [9.17, 15) is 8.42 Å². The van der Waals surface area contributed by atoms with Gasteiger partial charge in [0, 0.05) is 36.1 Å². The molecule has 0 aromatic carbocycles. The summed E-state index contributed by atoms with van der Waals surface area (Å²) in [4.78, 5) is 0. The third-order valence-electron chi connectivity index (χ3n) is 0.665. The van der Waals surface area contributed by atoms with E-state index in [-0.39, 0.29) is 48.5 Å². The van der Waals surface area contributed by atoms with Crippen LogP contribution in [0.5, 0.6) is 0 Å². The summed E-state index contributed by atoms with van der Waals surface area (Å²) >= 11 is 0. The minimum absolute atomic E-state index is 0. The number of hydrogen-bond acceptors (Lipinski definition) is 4. The van der Waals surface area contributed by atoms with E-state index in [1.807, 2.05) is 0 Å². The molecule has 0 aliphatic heterocycles. The van der Waals surface area contributed by atoms with Crippen LogP contribution in [0.3, 0.4) is 0 Å². The first-order chi connectivity index (χ1) is 4.12. The van der Waals surface area contributed by atoms with E-state index < -0.39 is 10.1 Å². The minimum Gasteiger partial charge on any atom is -0.329 e. The molecule has 0 bridgehead atoms. The van der Waals surface area contributed by atoms with Crippen LogP contribution in [0.15, 0.2) is 0 Å². The Labute approximate surface area is 83.5 Å². The van der Waals surface area contributed by atoms with Crippen molar-refractivity contribution in [1.29, 1.82) is 0 Å². The van der Waals surface area contributed by atoms with Gasteiger partial charge < -0.3 is 5.73 Å². The molecule has 0 spiro atoms. The predicted molar refractivity (Wildman–Crippen MR) is 40.2 cm³/mol. The van der Waals surface area contributed by atoms with Gasteiger partial charge in [0.25, 0.3) is 10.1 Å². The van der Waals surface area contributed by atoms with Gasteiger partial charge in [-0.2, -0.15) is 8.42 Å². The van der Waals surface area contributed by atoms with Gasteiger partial charge in [-0.3, -0.25) is 4.18 Å². The Bertz CT molecular complexity index is 144. The van der Waals surface area contributed by atoms with Crippen molar-refractivity contribution >= 4 is 39.7 Å². The molecule has 2 N–H and O–H groups in total. The number of nitrogens with two attached hydrogens (primary N) is 1. The Morgan fingerprint density at radius 3 is 2.30 bits per heavy atom. The molecule has 4 nitrogen and oxygen atoms in total. The number of hydrogen-bond donors (Lipinski definition) is 1. The number of rotatable bonds is 4. The van der Waals surface area contributed by atoms with Gasteiger partial charge in [0.2, 0.25) is 0 Å². The molecule has 0 aromatic heterocycles. The zero-order chi connectivity index (χ0) is 7.33. The molecule has 0 fully saturated rings. The minimum atomic E-state index is -3.31. The molecule has 0 rings (SSSR count). The summed E-state index contributed by atoms with van der Waals surface area (Å²) in [5.41, 5.74) is 4.99. The van der Waals surface area contributed by atoms with E-state index in [2.05, 4.69) is 4.18 Å². The fraction of sp³-hybridized carbons (Fsp3) is 1.00. The molecular formula is C4H11NNaO3S. The third kappa shape index (κ3) is 6.98. The monoisotopic (exact) mass is 176 g/mol. The summed E-state index contributed by atoms with van der Waals surface area (Å²) in [6, 6.07) is 0. The molecule has 0 saturated heterocycles. The summed E-state index contributed by atoms with van der Waals surface area (Å²) in [7, 11) is -3.31. The Hall–Kier alpha value is 0.870. The van der Waals surface area contributed by atoms with Crippen molar-refractivity contribution in [3.8, 4) is 0 Å². The van der Waals surface area contributed by atoms with Crippen LogP contribution in [0.2, 0.25) is 0 Å². The second kappa shape index (κ2) is 6.57. The van der Waals surface area contributed by atoms with Crippen LogP contribution in [-0.4, -0.2) is 56.9 Å². The van der Waals surface area contributed by atoms with Gasteiger partial charge in [0.1, 0.15) is 0 Å². The van der Waals surface area contributed by atoms with Gasteiger partial charge in [-0.05, 0) is 6.92 Å². The van der Waals surface area contributed by atoms with Crippen molar-refractivity contribution in [2.75, 3.05) is 18.9 Å². The van der Waals surface area contributed by atoms with E-state index >= 15 is 0 Å². The van der Waals surface area contributed by atoms with Crippen molar-refractivity contribution in [2.45, 2.75) is 6.92 Å². The van der Waals surface area contributed by atoms with Gasteiger partial charge in [-0.25, -0.2) is 0 Å². The molecule has 0 heterocycles. The van der Waals surface area contributed by atoms with Crippen molar-refractivity contribution in [1.82, 2.24) is 0 Å². The fourth-order valence-electron chi connectivity index (χ4n) is 0.383. The van der Waals surface area contributed by atoms with Gasteiger partial charge in [0.05, 0.1) is 12.4 Å². The summed E-state index contributed by atoms with van der Waals surface area (Å²) in [6.07, 6.45) is 0. The molecule has 0 saturated carbocycles. The average Bonchev–Trinajstić information content (AvgIpc) is 1.64. The smallest absolute Gasteiger partial charge is 0.268 e. The first-order valence-corrected chi connectivity index (χ1v) is 4.27. The van der Waals surface area contributed by atoms with Crippen LogP contribution in [0.4, 0.5) is 0 Å². The summed E-state index contributed by atoms with van der Waals surface area (Å²) in [5.74, 6) is -0.0964. The van der Waals surface area contributed by atoms with Gasteiger partial charge in [-0.1, -0.05) is 0 Å². The molecule has 0 atom stereocenters. The van der Waals surface area contributed by atoms with Crippen molar-refractivity contribution in [3.05, 3.63) is 0 Å². The molecule has 0 aromatic rings. The Balaban J connectivity index is 0. The topological polar surface area (TPSA) is 69.4 Å². The molecule has 6 heteroatoms. The first-order valence-electron chi connectivity index (χ1n) is 2.69. The molecular weight excluding hydrogens is 165 g/mol. The SMILES string of the molecule is CCOS(=O)(=O)CCN.[Na]. The molecule has 0 aliphatic rings. The van der Waals surface area contributed by atoms with Gasteiger partial charge in [0.15, 0.2) is 0 Å². The van der Waals surface area contributed by atoms with Crippen molar-refractivity contribution in [3.63, 3.8) is 0 Å². The van der Waals surface area contributed by atoms with E-state index in [1.54, 1.807) is 6.92 Å². The summed E-state index contributed by atoms with van der Waals surface area (Å²) in [5, 5.41) is 0. The molecule has 57 valence electrons. The molecule has 0 unspecified atom stereocenters. The van der Waals surface area contributed by atoms with Crippen LogP contribution >= 0.6 is 0 Å². The standard InChI is InChI=1S/C4H11NO3S.Na/c1-2-8-9(6,7)4-3-5;/h2-5H2,1H3;. The second-order valence-electron chi connectivity index (χ2n) is 1.46. The van der Waals surface area contributed by atoms with E-state index in [0.29, 0.717) is 0 Å². The normalized spacial score (nSPS) is 10.6. The maximum Gasteiger partial charge on any atom is 0.268 e. The summed E-state index contributed by atoms with van der Waals surface area (Å²) < 4.78 is 25.4. The van der Waals surface area contributed by atoms with Crippen LogP contribution in [0.1, 0.15) is 6.92 Å². The molecule has 1 radical (unpaired) electrons. The average molecular weight is 176 g/mol. The summed E-state index contributed by atoms with van der Waals surface area (Å²) in [6.45, 7) is 1.92. The fourth-order valence-corrected chi connectivity index (χ4v) is 1.15. The van der Waals surface area contributed by atoms with E-state index in [0.717, 1.165) is 0 Å². The Kier molecular flexibility index (Phi) is 8.85. The predicted octanol–water partition coefficient (Wildman–Crippen LogP) is -1.07. The van der Waals surface area contributed by atoms with Gasteiger partial charge >= 0.3 is 0 Å². The molecule has 0 aliphatic carbocycles. The zero-order valence-electron chi connectivity index (χ0n) is 6.33. The van der Waals surface area contributed by atoms with Crippen LogP contribution in [0, 0.1) is 0 Å². The first kappa shape index (κ1) is 13.5. The largest absolute Gasteiger partial charge is 0.329 e. The maximum absolute atomic E-state index is 10.5. The zero-order valence-corrected chi connectivity index (χ0v) is 9.15. The Morgan fingerprint density at radius 1 is 1.50 bits per heavy atom. The van der Waals surface area contributed by atoms with E-state index in [4.69, 9.17) is 5.73 Å². The maximum atomic E-state index is 10.5. The molecule has 10 heavy (non-hydrogen) atoms. The van der Waals surface area contributed by atoms with E-state index in [1.165, 1.54) is 0 Å². The van der Waals surface area contributed by atoms with Crippen molar-refractivity contribution < 1.29 is 12.6 Å². The molecule has 0 amide bonds. The van der Waals surface area contributed by atoms with Gasteiger partial charge in [-0.15, -0.1) is 0 Å². The van der Waals surface area contributed by atoms with Crippen LogP contribution < -0.4 is 5.73 Å². The van der Waals surface area contributed by atoms with Crippen LogP contribution in [-0.2, 0) is 14.3 Å². The second-order valence-corrected chi connectivity index (χ2v) is 3.22.